The van der Waals surface area contributed by atoms with Gasteiger partial charge in [0.25, 0.3) is 5.56 Å². The number of hydrogen-bond acceptors (Lipinski definition) is 3. The molecule has 0 aliphatic carbocycles. The highest BCUT2D eigenvalue weighted by molar-refractivity contribution is 6.46. The molecule has 2 aromatic carbocycles. The molecule has 0 saturated heterocycles. The van der Waals surface area contributed by atoms with E-state index in [9.17, 15) is 22.8 Å². The molecule has 0 aliphatic heterocycles. The van der Waals surface area contributed by atoms with Crippen molar-refractivity contribution >= 4 is 56.9 Å². The van der Waals surface area contributed by atoms with E-state index in [0.717, 1.165) is 12.1 Å². The van der Waals surface area contributed by atoms with Gasteiger partial charge < -0.3 is 9.88 Å². The minimum atomic E-state index is -1.15. The molecule has 0 aliphatic rings. The van der Waals surface area contributed by atoms with Crippen LogP contribution in [-0.2, 0) is 17.2 Å². The zero-order valence-electron chi connectivity index (χ0n) is 17.9. The summed E-state index contributed by atoms with van der Waals surface area (Å²) in [4.78, 5) is 26.4. The van der Waals surface area contributed by atoms with Gasteiger partial charge in [-0.05, 0) is 35.7 Å². The Hall–Kier alpha value is -3.43. The molecule has 32 heavy (non-hydrogen) atoms. The van der Waals surface area contributed by atoms with Crippen molar-refractivity contribution in [2.24, 2.45) is 7.05 Å². The molecule has 2 heterocycles. The Kier molecular flexibility index (Phi) is 5.19. The van der Waals surface area contributed by atoms with Crippen LogP contribution in [0.25, 0.3) is 21.8 Å². The molecule has 0 fully saturated rings. The second kappa shape index (κ2) is 7.61. The van der Waals surface area contributed by atoms with Gasteiger partial charge in [-0.1, -0.05) is 0 Å². The number of aromatic nitrogens is 3. The SMILES string of the molecule is BC(C(=O)Nc1ccc(F)cc1F)C(B)(B)n1c(=O)c2cnn(C)c2c2ccc(F)cc21. The maximum Gasteiger partial charge on any atom is 0.261 e. The molecule has 1 amide bonds. The average molecular weight is 436 g/mol. The van der Waals surface area contributed by atoms with E-state index in [2.05, 4.69) is 10.4 Å². The summed E-state index contributed by atoms with van der Waals surface area (Å²) in [5, 5.41) is 6.40. The fourth-order valence-corrected chi connectivity index (χ4v) is 3.95. The molecule has 12 heteroatoms. The highest BCUT2D eigenvalue weighted by Crippen LogP contribution is 2.30. The first-order valence-electron chi connectivity index (χ1n) is 9.94. The summed E-state index contributed by atoms with van der Waals surface area (Å²) in [6.45, 7) is 0. The molecule has 0 bridgehead atoms. The van der Waals surface area contributed by atoms with E-state index < -0.39 is 40.1 Å². The van der Waals surface area contributed by atoms with Crippen molar-refractivity contribution in [3.8, 4) is 0 Å². The Morgan fingerprint density at radius 2 is 1.75 bits per heavy atom. The van der Waals surface area contributed by atoms with Crippen LogP contribution in [0.3, 0.4) is 0 Å². The highest BCUT2D eigenvalue weighted by Gasteiger charge is 2.36. The second-order valence-corrected chi connectivity index (χ2v) is 8.32. The van der Waals surface area contributed by atoms with Crippen LogP contribution in [0.4, 0.5) is 18.9 Å². The van der Waals surface area contributed by atoms with Crippen molar-refractivity contribution < 1.29 is 18.0 Å². The maximum absolute atomic E-state index is 14.2. The lowest BCUT2D eigenvalue weighted by molar-refractivity contribution is -0.116. The minimum absolute atomic E-state index is 0.176. The summed E-state index contributed by atoms with van der Waals surface area (Å²) in [5.41, 5.74) is 0.264. The van der Waals surface area contributed by atoms with Crippen LogP contribution in [-0.4, -0.2) is 43.8 Å². The number of aryl methyl sites for hydroxylation is 1. The predicted octanol–water partition coefficient (Wildman–Crippen LogP) is 0.242. The molecule has 0 saturated carbocycles. The van der Waals surface area contributed by atoms with Gasteiger partial charge in [0.05, 0.1) is 28.3 Å². The Balaban J connectivity index is 1.86. The molecular formula is C20H18B3F3N4O2. The topological polar surface area (TPSA) is 68.9 Å². The molecule has 1 atom stereocenters. The Morgan fingerprint density at radius 1 is 1.09 bits per heavy atom. The lowest BCUT2D eigenvalue weighted by atomic mass is 9.49. The minimum Gasteiger partial charge on any atom is -0.324 e. The van der Waals surface area contributed by atoms with Gasteiger partial charge in [-0.2, -0.15) is 5.10 Å². The molecule has 1 unspecified atom stereocenters. The summed E-state index contributed by atoms with van der Waals surface area (Å²) in [5.74, 6) is -3.65. The predicted molar refractivity (Wildman–Crippen MR) is 125 cm³/mol. The van der Waals surface area contributed by atoms with Crippen molar-refractivity contribution in [3.63, 3.8) is 0 Å². The number of halogens is 3. The van der Waals surface area contributed by atoms with Crippen molar-refractivity contribution in [2.75, 3.05) is 5.32 Å². The third-order valence-corrected chi connectivity index (χ3v) is 6.05. The second-order valence-electron chi connectivity index (χ2n) is 8.32. The average Bonchev–Trinajstić information content (AvgIpc) is 3.11. The van der Waals surface area contributed by atoms with Crippen molar-refractivity contribution in [1.82, 2.24) is 14.3 Å². The quantitative estimate of drug-likeness (QED) is 0.467. The molecule has 0 radical (unpaired) electrons. The van der Waals surface area contributed by atoms with E-state index in [1.807, 2.05) is 0 Å². The van der Waals surface area contributed by atoms with Gasteiger partial charge in [0.15, 0.2) is 0 Å². The summed E-state index contributed by atoms with van der Waals surface area (Å²) >= 11 is 0. The fourth-order valence-electron chi connectivity index (χ4n) is 3.95. The fraction of sp³-hybridized carbons (Fsp3) is 0.150. The summed E-state index contributed by atoms with van der Waals surface area (Å²) in [7, 11) is 6.62. The molecule has 4 aromatic rings. The number of carbonyl (C=O) groups is 1. The number of pyridine rings is 1. The molecule has 4 rings (SSSR count). The summed E-state index contributed by atoms with van der Waals surface area (Å²) < 4.78 is 44.3. The molecule has 1 N–H and O–H groups in total. The summed E-state index contributed by atoms with van der Waals surface area (Å²) in [6, 6.07) is 6.94. The Labute approximate surface area is 183 Å². The van der Waals surface area contributed by atoms with Gasteiger partial charge in [0.1, 0.15) is 41.0 Å². The van der Waals surface area contributed by atoms with Gasteiger partial charge >= 0.3 is 0 Å². The number of nitrogens with zero attached hydrogens (tertiary/aromatic N) is 3. The molecule has 0 spiro atoms. The van der Waals surface area contributed by atoms with E-state index in [-0.39, 0.29) is 5.69 Å². The molecule has 2 aromatic heterocycles. The number of nitrogens with one attached hydrogen (secondary N) is 1. The number of hydrogen-bond donors (Lipinski definition) is 1. The number of amides is 1. The third-order valence-electron chi connectivity index (χ3n) is 6.05. The number of rotatable bonds is 4. The lowest BCUT2D eigenvalue weighted by Crippen LogP contribution is -2.49. The van der Waals surface area contributed by atoms with Gasteiger partial charge in [-0.15, -0.1) is 0 Å². The number of carbonyl (C=O) groups excluding carboxylic acids is 1. The van der Waals surface area contributed by atoms with Crippen LogP contribution < -0.4 is 10.9 Å². The van der Waals surface area contributed by atoms with Crippen LogP contribution in [0.2, 0.25) is 5.82 Å². The normalized spacial score (nSPS) is 12.9. The first-order chi connectivity index (χ1) is 15.0. The van der Waals surface area contributed by atoms with Gasteiger partial charge in [-0.25, -0.2) is 13.2 Å². The first-order valence-corrected chi connectivity index (χ1v) is 9.94. The van der Waals surface area contributed by atoms with Crippen LogP contribution in [0.5, 0.6) is 0 Å². The zero-order valence-corrected chi connectivity index (χ0v) is 17.9. The zero-order chi connectivity index (χ0) is 23.4. The van der Waals surface area contributed by atoms with E-state index >= 15 is 0 Å². The van der Waals surface area contributed by atoms with E-state index in [0.29, 0.717) is 27.9 Å². The van der Waals surface area contributed by atoms with Crippen LogP contribution in [0, 0.1) is 17.5 Å². The number of benzene rings is 2. The van der Waals surface area contributed by atoms with E-state index in [1.165, 1.54) is 22.9 Å². The van der Waals surface area contributed by atoms with E-state index in [4.69, 9.17) is 0 Å². The Bertz CT molecular complexity index is 1450. The van der Waals surface area contributed by atoms with Gasteiger partial charge in [-0.3, -0.25) is 14.3 Å². The molecule has 160 valence electrons. The van der Waals surface area contributed by atoms with Crippen LogP contribution in [0.1, 0.15) is 0 Å². The van der Waals surface area contributed by atoms with Crippen molar-refractivity contribution in [1.29, 1.82) is 0 Å². The Morgan fingerprint density at radius 3 is 2.44 bits per heavy atom. The van der Waals surface area contributed by atoms with E-state index in [1.54, 1.807) is 41.3 Å². The third kappa shape index (κ3) is 3.39. The monoisotopic (exact) mass is 436 g/mol. The first kappa shape index (κ1) is 21.8. The standard InChI is InChI=1S/C20H18B3F3N4O2/c1-29-16-11-4-2-10(25)7-15(11)30(19(32)12(16)8-27-29)20(22,23)17(21)18(31)28-14-5-3-9(24)6-13(14)26/h2-8,17H,21-23H2,1H3,(H,28,31). The van der Waals surface area contributed by atoms with Gasteiger partial charge in [0.2, 0.25) is 5.91 Å². The number of fused-ring (bicyclic) bond motifs is 3. The number of anilines is 1. The highest BCUT2D eigenvalue weighted by atomic mass is 19.1. The molecule has 6 nitrogen and oxygen atoms in total. The van der Waals surface area contributed by atoms with Crippen molar-refractivity contribution in [3.05, 3.63) is 70.4 Å². The summed E-state index contributed by atoms with van der Waals surface area (Å²) in [6.07, 6.45) is 1.44. The van der Waals surface area contributed by atoms with Crippen LogP contribution in [0.15, 0.2) is 47.4 Å². The van der Waals surface area contributed by atoms with Gasteiger partial charge in [0, 0.05) is 24.3 Å². The molecular weight excluding hydrogens is 418 g/mol. The smallest absolute Gasteiger partial charge is 0.261 e. The maximum atomic E-state index is 14.2. The lowest BCUT2D eigenvalue weighted by Gasteiger charge is -2.35. The largest absolute Gasteiger partial charge is 0.324 e. The van der Waals surface area contributed by atoms with Crippen LogP contribution >= 0.6 is 0 Å². The van der Waals surface area contributed by atoms with Crippen molar-refractivity contribution in [2.45, 2.75) is 11.2 Å².